The van der Waals surface area contributed by atoms with Crippen LogP contribution in [0.1, 0.15) is 10.4 Å². The fourth-order valence-corrected chi connectivity index (χ4v) is 1.78. The number of carbonyl (C=O) groups is 1. The number of carbonyl (C=O) groups excluding carboxylic acids is 1. The first-order chi connectivity index (χ1) is 8.22. The number of aromatic nitrogens is 1. The number of nitrogens with zero attached hydrogens (tertiary/aromatic N) is 1. The number of pyridine rings is 1. The van der Waals surface area contributed by atoms with Crippen molar-refractivity contribution >= 4 is 21.9 Å². The summed E-state index contributed by atoms with van der Waals surface area (Å²) in [5.74, 6) is -0.379. The number of benzene rings is 1. The van der Waals surface area contributed by atoms with Crippen LogP contribution in [0, 0.1) is 0 Å². The number of ether oxygens (including phenoxy) is 1. The van der Waals surface area contributed by atoms with Crippen molar-refractivity contribution in [2.45, 2.75) is 0 Å². The van der Waals surface area contributed by atoms with Crippen LogP contribution in [0.5, 0.6) is 0 Å². The van der Waals surface area contributed by atoms with Crippen LogP contribution in [0.3, 0.4) is 0 Å². The zero-order valence-corrected chi connectivity index (χ0v) is 10.8. The van der Waals surface area contributed by atoms with Gasteiger partial charge in [-0.05, 0) is 24.3 Å². The second-order valence-electron chi connectivity index (χ2n) is 3.40. The quantitative estimate of drug-likeness (QED) is 0.797. The third-order valence-corrected chi connectivity index (χ3v) is 2.86. The van der Waals surface area contributed by atoms with Gasteiger partial charge in [-0.2, -0.15) is 0 Å². The highest BCUT2D eigenvalue weighted by molar-refractivity contribution is 9.10. The van der Waals surface area contributed by atoms with Gasteiger partial charge in [-0.3, -0.25) is 4.98 Å². The van der Waals surface area contributed by atoms with Crippen molar-refractivity contribution in [1.29, 1.82) is 0 Å². The summed E-state index contributed by atoms with van der Waals surface area (Å²) in [7, 11) is 1.36. The molecule has 0 saturated heterocycles. The Morgan fingerprint density at radius 1 is 1.24 bits per heavy atom. The molecule has 3 nitrogen and oxygen atoms in total. The third kappa shape index (κ3) is 2.53. The van der Waals surface area contributed by atoms with Gasteiger partial charge in [0.1, 0.15) is 0 Å². The fraction of sp³-hybridized carbons (Fsp3) is 0.0769. The van der Waals surface area contributed by atoms with E-state index in [2.05, 4.69) is 20.9 Å². The number of methoxy groups -OCH3 is 1. The number of hydrogen-bond donors (Lipinski definition) is 0. The summed E-state index contributed by atoms with van der Waals surface area (Å²) in [5, 5.41) is 0. The summed E-state index contributed by atoms with van der Waals surface area (Å²) in [5.41, 5.74) is 1.98. The lowest BCUT2D eigenvalue weighted by molar-refractivity contribution is 0.0601. The SMILES string of the molecule is COC(=O)c1cccnc1-c1ccc(Br)cc1. The highest BCUT2D eigenvalue weighted by Gasteiger charge is 2.13. The molecule has 0 fully saturated rings. The first-order valence-corrected chi connectivity index (χ1v) is 5.81. The van der Waals surface area contributed by atoms with Crippen LogP contribution in [0.2, 0.25) is 0 Å². The molecule has 1 aromatic heterocycles. The van der Waals surface area contributed by atoms with Gasteiger partial charge in [0.15, 0.2) is 0 Å². The standard InChI is InChI=1S/C13H10BrNO2/c1-17-13(16)11-3-2-8-15-12(11)9-4-6-10(14)7-5-9/h2-8H,1H3. The van der Waals surface area contributed by atoms with Crippen LogP contribution in [0.4, 0.5) is 0 Å². The van der Waals surface area contributed by atoms with E-state index in [-0.39, 0.29) is 5.97 Å². The first-order valence-electron chi connectivity index (χ1n) is 5.01. The summed E-state index contributed by atoms with van der Waals surface area (Å²) in [6, 6.07) is 11.0. The fourth-order valence-electron chi connectivity index (χ4n) is 1.52. The van der Waals surface area contributed by atoms with Gasteiger partial charge in [0.2, 0.25) is 0 Å². The Bertz CT molecular complexity index is 537. The van der Waals surface area contributed by atoms with E-state index in [1.165, 1.54) is 7.11 Å². The van der Waals surface area contributed by atoms with Crippen molar-refractivity contribution in [3.63, 3.8) is 0 Å². The molecule has 0 saturated carbocycles. The zero-order chi connectivity index (χ0) is 12.3. The Hall–Kier alpha value is -1.68. The molecule has 1 aromatic carbocycles. The van der Waals surface area contributed by atoms with E-state index in [1.807, 2.05) is 24.3 Å². The minimum absolute atomic E-state index is 0.379. The lowest BCUT2D eigenvalue weighted by Crippen LogP contribution is -2.04. The monoisotopic (exact) mass is 291 g/mol. The molecule has 17 heavy (non-hydrogen) atoms. The van der Waals surface area contributed by atoms with Crippen LogP contribution >= 0.6 is 15.9 Å². The molecule has 0 aliphatic heterocycles. The average Bonchev–Trinajstić information content (AvgIpc) is 2.39. The second kappa shape index (κ2) is 5.10. The highest BCUT2D eigenvalue weighted by atomic mass is 79.9. The summed E-state index contributed by atoms with van der Waals surface area (Å²) in [6.45, 7) is 0. The molecule has 2 rings (SSSR count). The zero-order valence-electron chi connectivity index (χ0n) is 9.18. The Balaban J connectivity index is 2.51. The molecule has 0 radical (unpaired) electrons. The molecule has 0 spiro atoms. The van der Waals surface area contributed by atoms with Crippen molar-refractivity contribution in [3.05, 3.63) is 52.6 Å². The van der Waals surface area contributed by atoms with Crippen molar-refractivity contribution in [3.8, 4) is 11.3 Å². The van der Waals surface area contributed by atoms with Crippen LogP contribution in [-0.4, -0.2) is 18.1 Å². The van der Waals surface area contributed by atoms with Crippen molar-refractivity contribution < 1.29 is 9.53 Å². The molecular weight excluding hydrogens is 282 g/mol. The molecule has 0 aliphatic rings. The Morgan fingerprint density at radius 2 is 1.94 bits per heavy atom. The van der Waals surface area contributed by atoms with Gasteiger partial charge < -0.3 is 4.74 Å². The van der Waals surface area contributed by atoms with E-state index in [0.717, 1.165) is 10.0 Å². The summed E-state index contributed by atoms with van der Waals surface area (Å²) >= 11 is 3.37. The Morgan fingerprint density at radius 3 is 2.59 bits per heavy atom. The largest absolute Gasteiger partial charge is 0.465 e. The van der Waals surface area contributed by atoms with Gasteiger partial charge in [-0.15, -0.1) is 0 Å². The van der Waals surface area contributed by atoms with Crippen LogP contribution < -0.4 is 0 Å². The maximum absolute atomic E-state index is 11.6. The lowest BCUT2D eigenvalue weighted by Gasteiger charge is -2.06. The van der Waals surface area contributed by atoms with E-state index < -0.39 is 0 Å². The molecule has 4 heteroatoms. The van der Waals surface area contributed by atoms with E-state index in [0.29, 0.717) is 11.3 Å². The lowest BCUT2D eigenvalue weighted by atomic mass is 10.1. The maximum atomic E-state index is 11.6. The van der Waals surface area contributed by atoms with Gasteiger partial charge in [0.25, 0.3) is 0 Å². The van der Waals surface area contributed by atoms with Crippen molar-refractivity contribution in [2.24, 2.45) is 0 Å². The normalized spacial score (nSPS) is 10.0. The number of halogens is 1. The van der Waals surface area contributed by atoms with Crippen LogP contribution in [-0.2, 0) is 4.74 Å². The second-order valence-corrected chi connectivity index (χ2v) is 4.31. The van der Waals surface area contributed by atoms with E-state index in [9.17, 15) is 4.79 Å². The topological polar surface area (TPSA) is 39.2 Å². The number of hydrogen-bond acceptors (Lipinski definition) is 3. The summed E-state index contributed by atoms with van der Waals surface area (Å²) < 4.78 is 5.72. The third-order valence-electron chi connectivity index (χ3n) is 2.33. The molecule has 0 amide bonds. The predicted molar refractivity (Wildman–Crippen MR) is 68.7 cm³/mol. The minimum atomic E-state index is -0.379. The smallest absolute Gasteiger partial charge is 0.340 e. The van der Waals surface area contributed by atoms with E-state index in [4.69, 9.17) is 4.74 Å². The van der Waals surface area contributed by atoms with Crippen molar-refractivity contribution in [1.82, 2.24) is 4.98 Å². The van der Waals surface area contributed by atoms with Crippen LogP contribution in [0.25, 0.3) is 11.3 Å². The average molecular weight is 292 g/mol. The molecule has 0 N–H and O–H groups in total. The van der Waals surface area contributed by atoms with Gasteiger partial charge in [0.05, 0.1) is 18.4 Å². The summed E-state index contributed by atoms with van der Waals surface area (Å²) in [6.07, 6.45) is 1.66. The van der Waals surface area contributed by atoms with E-state index in [1.54, 1.807) is 18.3 Å². The number of esters is 1. The van der Waals surface area contributed by atoms with Gasteiger partial charge >= 0.3 is 5.97 Å². The molecule has 0 bridgehead atoms. The van der Waals surface area contributed by atoms with E-state index >= 15 is 0 Å². The molecule has 0 unspecified atom stereocenters. The Kier molecular flexibility index (Phi) is 3.54. The highest BCUT2D eigenvalue weighted by Crippen LogP contribution is 2.23. The maximum Gasteiger partial charge on any atom is 0.340 e. The molecule has 0 aliphatic carbocycles. The number of rotatable bonds is 2. The van der Waals surface area contributed by atoms with Crippen molar-refractivity contribution in [2.75, 3.05) is 7.11 Å². The van der Waals surface area contributed by atoms with Gasteiger partial charge in [-0.25, -0.2) is 4.79 Å². The van der Waals surface area contributed by atoms with Gasteiger partial charge in [0, 0.05) is 16.2 Å². The summed E-state index contributed by atoms with van der Waals surface area (Å²) in [4.78, 5) is 15.8. The van der Waals surface area contributed by atoms with Gasteiger partial charge in [-0.1, -0.05) is 28.1 Å². The molecule has 0 atom stereocenters. The Labute approximate surface area is 108 Å². The first kappa shape index (κ1) is 11.8. The molecule has 86 valence electrons. The molecule has 2 aromatic rings. The molecular formula is C13H10BrNO2. The predicted octanol–water partition coefficient (Wildman–Crippen LogP) is 3.30. The molecule has 1 heterocycles. The van der Waals surface area contributed by atoms with Crippen LogP contribution in [0.15, 0.2) is 47.1 Å². The minimum Gasteiger partial charge on any atom is -0.465 e.